The highest BCUT2D eigenvalue weighted by molar-refractivity contribution is 6.05. The Morgan fingerprint density at radius 3 is 2.52 bits per heavy atom. The second kappa shape index (κ2) is 8.36. The third kappa shape index (κ3) is 4.44. The Labute approximate surface area is 159 Å². The molecule has 1 aromatic heterocycles. The average Bonchev–Trinajstić information content (AvgIpc) is 2.69. The molecule has 0 saturated heterocycles. The minimum Gasteiger partial charge on any atom is -0.496 e. The molecule has 0 unspecified atom stereocenters. The van der Waals surface area contributed by atoms with Gasteiger partial charge < -0.3 is 15.4 Å². The first-order valence-electron chi connectivity index (χ1n) is 8.78. The van der Waals surface area contributed by atoms with Crippen molar-refractivity contribution in [3.05, 3.63) is 83.0 Å². The molecule has 5 heteroatoms. The number of ether oxygens (including phenoxy) is 1. The summed E-state index contributed by atoms with van der Waals surface area (Å²) < 4.78 is 5.36. The van der Waals surface area contributed by atoms with Crippen LogP contribution in [0, 0.1) is 13.8 Å². The molecular weight excluding hydrogens is 338 g/mol. The fraction of sp³-hybridized carbons (Fsp3) is 0.182. The number of pyridine rings is 1. The second-order valence-electron chi connectivity index (χ2n) is 6.32. The summed E-state index contributed by atoms with van der Waals surface area (Å²) in [5.74, 6) is 1.29. The first kappa shape index (κ1) is 18.5. The summed E-state index contributed by atoms with van der Waals surface area (Å²) in [6.45, 7) is 4.52. The smallest absolute Gasteiger partial charge is 0.255 e. The third-order valence-corrected chi connectivity index (χ3v) is 4.39. The van der Waals surface area contributed by atoms with E-state index in [0.29, 0.717) is 17.9 Å². The number of benzene rings is 2. The number of carbonyl (C=O) groups is 1. The molecule has 0 aliphatic rings. The number of methoxy groups -OCH3 is 1. The Morgan fingerprint density at radius 2 is 1.78 bits per heavy atom. The zero-order chi connectivity index (χ0) is 19.2. The molecule has 3 rings (SSSR count). The summed E-state index contributed by atoms with van der Waals surface area (Å²) in [5.41, 5.74) is 4.49. The number of amides is 1. The molecule has 5 nitrogen and oxygen atoms in total. The number of aromatic nitrogens is 1. The van der Waals surface area contributed by atoms with E-state index in [9.17, 15) is 4.79 Å². The summed E-state index contributed by atoms with van der Waals surface area (Å²) in [7, 11) is 1.65. The van der Waals surface area contributed by atoms with E-state index < -0.39 is 0 Å². The van der Waals surface area contributed by atoms with E-state index in [-0.39, 0.29) is 5.91 Å². The van der Waals surface area contributed by atoms with E-state index in [4.69, 9.17) is 4.74 Å². The number of hydrogen-bond acceptors (Lipinski definition) is 4. The highest BCUT2D eigenvalue weighted by Crippen LogP contribution is 2.21. The molecule has 27 heavy (non-hydrogen) atoms. The van der Waals surface area contributed by atoms with Crippen LogP contribution in [-0.4, -0.2) is 18.0 Å². The van der Waals surface area contributed by atoms with Gasteiger partial charge in [0.25, 0.3) is 5.91 Å². The molecule has 1 heterocycles. The van der Waals surface area contributed by atoms with Gasteiger partial charge in [-0.1, -0.05) is 36.4 Å². The first-order chi connectivity index (χ1) is 13.1. The van der Waals surface area contributed by atoms with Gasteiger partial charge in [0.2, 0.25) is 0 Å². The SMILES string of the molecule is COc1ccccc1CNc1cc(C(=O)Nc2c(C)cccc2C)ccn1. The Morgan fingerprint density at radius 1 is 1.04 bits per heavy atom. The van der Waals surface area contributed by atoms with Gasteiger partial charge in [-0.05, 0) is 43.2 Å². The number of anilines is 2. The summed E-state index contributed by atoms with van der Waals surface area (Å²) in [6, 6.07) is 17.2. The van der Waals surface area contributed by atoms with Crippen molar-refractivity contribution in [3.8, 4) is 5.75 Å². The van der Waals surface area contributed by atoms with E-state index in [1.807, 2.05) is 56.3 Å². The molecule has 0 bridgehead atoms. The fourth-order valence-corrected chi connectivity index (χ4v) is 2.90. The van der Waals surface area contributed by atoms with Gasteiger partial charge in [-0.15, -0.1) is 0 Å². The molecule has 0 atom stereocenters. The Bertz CT molecular complexity index is 934. The third-order valence-electron chi connectivity index (χ3n) is 4.39. The highest BCUT2D eigenvalue weighted by Gasteiger charge is 2.11. The van der Waals surface area contributed by atoms with Crippen LogP contribution in [0.1, 0.15) is 27.0 Å². The topological polar surface area (TPSA) is 63.2 Å². The molecule has 0 saturated carbocycles. The molecule has 0 fully saturated rings. The van der Waals surface area contributed by atoms with Crippen molar-refractivity contribution in [1.29, 1.82) is 0 Å². The normalized spacial score (nSPS) is 10.3. The summed E-state index contributed by atoms with van der Waals surface area (Å²) >= 11 is 0. The number of para-hydroxylation sites is 2. The maximum Gasteiger partial charge on any atom is 0.255 e. The van der Waals surface area contributed by atoms with Gasteiger partial charge in [-0.25, -0.2) is 4.98 Å². The number of nitrogens with zero attached hydrogens (tertiary/aromatic N) is 1. The monoisotopic (exact) mass is 361 g/mol. The number of aryl methyl sites for hydroxylation is 2. The Hall–Kier alpha value is -3.34. The fourth-order valence-electron chi connectivity index (χ4n) is 2.90. The summed E-state index contributed by atoms with van der Waals surface area (Å²) in [5, 5.41) is 6.25. The predicted octanol–water partition coefficient (Wildman–Crippen LogP) is 4.57. The van der Waals surface area contributed by atoms with Crippen LogP contribution in [0.25, 0.3) is 0 Å². The van der Waals surface area contributed by atoms with Gasteiger partial charge in [0.05, 0.1) is 7.11 Å². The summed E-state index contributed by atoms with van der Waals surface area (Å²) in [4.78, 5) is 17.0. The van der Waals surface area contributed by atoms with Crippen molar-refractivity contribution in [3.63, 3.8) is 0 Å². The second-order valence-corrected chi connectivity index (χ2v) is 6.32. The lowest BCUT2D eigenvalue weighted by molar-refractivity contribution is 0.102. The van der Waals surface area contributed by atoms with Crippen molar-refractivity contribution in [2.45, 2.75) is 20.4 Å². The van der Waals surface area contributed by atoms with Gasteiger partial charge in [-0.2, -0.15) is 0 Å². The number of rotatable bonds is 6. The van der Waals surface area contributed by atoms with E-state index in [0.717, 1.165) is 28.1 Å². The molecule has 138 valence electrons. The van der Waals surface area contributed by atoms with E-state index in [2.05, 4.69) is 15.6 Å². The lowest BCUT2D eigenvalue weighted by atomic mass is 10.1. The molecule has 0 radical (unpaired) electrons. The largest absolute Gasteiger partial charge is 0.496 e. The number of carbonyl (C=O) groups excluding carboxylic acids is 1. The van der Waals surface area contributed by atoms with Crippen molar-refractivity contribution in [1.82, 2.24) is 4.98 Å². The standard InChI is InChI=1S/C22H23N3O2/c1-15-7-6-8-16(2)21(15)25-22(26)17-11-12-23-20(13-17)24-14-18-9-4-5-10-19(18)27-3/h4-13H,14H2,1-3H3,(H,23,24)(H,25,26). The molecule has 0 spiro atoms. The molecule has 3 aromatic rings. The quantitative estimate of drug-likeness (QED) is 0.675. The molecule has 0 aliphatic carbocycles. The highest BCUT2D eigenvalue weighted by atomic mass is 16.5. The molecule has 2 N–H and O–H groups in total. The summed E-state index contributed by atoms with van der Waals surface area (Å²) in [6.07, 6.45) is 1.63. The van der Waals surface area contributed by atoms with Crippen LogP contribution >= 0.6 is 0 Å². The van der Waals surface area contributed by atoms with Gasteiger partial charge >= 0.3 is 0 Å². The first-order valence-corrected chi connectivity index (χ1v) is 8.78. The van der Waals surface area contributed by atoms with Gasteiger partial charge in [0, 0.05) is 29.6 Å². The predicted molar refractivity (Wildman–Crippen MR) is 108 cm³/mol. The molecular formula is C22H23N3O2. The lowest BCUT2D eigenvalue weighted by Crippen LogP contribution is -2.14. The zero-order valence-corrected chi connectivity index (χ0v) is 15.7. The molecule has 2 aromatic carbocycles. The van der Waals surface area contributed by atoms with E-state index in [1.165, 1.54) is 0 Å². The van der Waals surface area contributed by atoms with Gasteiger partial charge in [-0.3, -0.25) is 4.79 Å². The number of nitrogens with one attached hydrogen (secondary N) is 2. The van der Waals surface area contributed by atoms with Crippen LogP contribution in [-0.2, 0) is 6.54 Å². The van der Waals surface area contributed by atoms with Gasteiger partial charge in [0.1, 0.15) is 11.6 Å². The lowest BCUT2D eigenvalue weighted by Gasteiger charge is -2.13. The maximum absolute atomic E-state index is 12.7. The average molecular weight is 361 g/mol. The zero-order valence-electron chi connectivity index (χ0n) is 15.7. The van der Waals surface area contributed by atoms with Crippen molar-refractivity contribution < 1.29 is 9.53 Å². The van der Waals surface area contributed by atoms with Crippen LogP contribution in [0.2, 0.25) is 0 Å². The van der Waals surface area contributed by atoms with Crippen LogP contribution in [0.5, 0.6) is 5.75 Å². The Kier molecular flexibility index (Phi) is 5.71. The minimum absolute atomic E-state index is 0.157. The molecule has 0 aliphatic heterocycles. The van der Waals surface area contributed by atoms with Crippen LogP contribution in [0.4, 0.5) is 11.5 Å². The van der Waals surface area contributed by atoms with E-state index in [1.54, 1.807) is 25.4 Å². The van der Waals surface area contributed by atoms with Crippen molar-refractivity contribution in [2.75, 3.05) is 17.7 Å². The Balaban J connectivity index is 1.72. The van der Waals surface area contributed by atoms with Crippen LogP contribution in [0.3, 0.4) is 0 Å². The van der Waals surface area contributed by atoms with Crippen LogP contribution < -0.4 is 15.4 Å². The molecule has 1 amide bonds. The van der Waals surface area contributed by atoms with E-state index >= 15 is 0 Å². The number of hydrogen-bond donors (Lipinski definition) is 2. The maximum atomic E-state index is 12.7. The minimum atomic E-state index is -0.157. The van der Waals surface area contributed by atoms with Crippen LogP contribution in [0.15, 0.2) is 60.8 Å². The van der Waals surface area contributed by atoms with Crippen molar-refractivity contribution >= 4 is 17.4 Å². The van der Waals surface area contributed by atoms with Crippen molar-refractivity contribution in [2.24, 2.45) is 0 Å². The van der Waals surface area contributed by atoms with Gasteiger partial charge in [0.15, 0.2) is 0 Å².